The van der Waals surface area contributed by atoms with Gasteiger partial charge in [0.25, 0.3) is 11.8 Å². The van der Waals surface area contributed by atoms with Crippen LogP contribution >= 0.6 is 0 Å². The molecule has 2 rings (SSSR count). The number of carbonyl (C=O) groups excluding carboxylic acids is 3. The van der Waals surface area contributed by atoms with Crippen LogP contribution in [-0.2, 0) is 14.3 Å². The van der Waals surface area contributed by atoms with E-state index in [9.17, 15) is 19.6 Å². The van der Waals surface area contributed by atoms with Crippen molar-refractivity contribution in [1.82, 2.24) is 10.6 Å². The molecule has 1 aliphatic carbocycles. The molecule has 0 aliphatic heterocycles. The van der Waals surface area contributed by atoms with Gasteiger partial charge in [0.05, 0.1) is 18.8 Å². The van der Waals surface area contributed by atoms with Crippen molar-refractivity contribution < 1.29 is 23.5 Å². The lowest BCUT2D eigenvalue weighted by molar-refractivity contribution is -0.148. The van der Waals surface area contributed by atoms with Crippen LogP contribution in [0.2, 0.25) is 0 Å². The van der Waals surface area contributed by atoms with Crippen LogP contribution in [0, 0.1) is 11.3 Å². The molecule has 0 saturated heterocycles. The monoisotopic (exact) mass is 347 g/mol. The first-order valence-corrected chi connectivity index (χ1v) is 8.24. The zero-order chi connectivity index (χ0) is 18.1. The number of nitrogens with one attached hydrogen (secondary N) is 2. The number of furan rings is 1. The van der Waals surface area contributed by atoms with Gasteiger partial charge in [0, 0.05) is 6.54 Å². The molecule has 1 aromatic heterocycles. The fourth-order valence-electron chi connectivity index (χ4n) is 2.71. The molecule has 1 fully saturated rings. The minimum atomic E-state index is -0.848. The molecule has 0 aromatic carbocycles. The number of amides is 2. The second kappa shape index (κ2) is 8.87. The molecule has 134 valence electrons. The molecule has 8 nitrogen and oxygen atoms in total. The number of nitriles is 1. The van der Waals surface area contributed by atoms with Gasteiger partial charge in [-0.3, -0.25) is 14.4 Å². The number of ether oxygens (including phenoxy) is 1. The Kier molecular flexibility index (Phi) is 6.57. The number of esters is 1. The topological polar surface area (TPSA) is 121 Å². The molecule has 0 spiro atoms. The van der Waals surface area contributed by atoms with Crippen LogP contribution in [0.1, 0.15) is 49.1 Å². The second-order valence-corrected chi connectivity index (χ2v) is 5.95. The predicted octanol–water partition coefficient (Wildman–Crippen LogP) is 1.29. The van der Waals surface area contributed by atoms with Gasteiger partial charge in [-0.15, -0.1) is 0 Å². The van der Waals surface area contributed by atoms with Crippen LogP contribution in [0.25, 0.3) is 0 Å². The van der Waals surface area contributed by atoms with E-state index in [1.54, 1.807) is 6.07 Å². The summed E-state index contributed by atoms with van der Waals surface area (Å²) < 4.78 is 9.79. The SMILES string of the molecule is N#CC1(NC(=O)COC(=O)CCNC(=O)c2ccco2)CCCCC1. The van der Waals surface area contributed by atoms with Crippen LogP contribution in [0.5, 0.6) is 0 Å². The van der Waals surface area contributed by atoms with Crippen molar-refractivity contribution in [3.63, 3.8) is 0 Å². The van der Waals surface area contributed by atoms with Gasteiger partial charge in [-0.2, -0.15) is 5.26 Å². The molecule has 0 atom stereocenters. The van der Waals surface area contributed by atoms with Gasteiger partial charge in [-0.1, -0.05) is 19.3 Å². The summed E-state index contributed by atoms with van der Waals surface area (Å²) in [5.74, 6) is -1.37. The third kappa shape index (κ3) is 5.64. The highest BCUT2D eigenvalue weighted by Crippen LogP contribution is 2.27. The molecule has 2 amide bonds. The molecule has 1 aromatic rings. The van der Waals surface area contributed by atoms with Gasteiger partial charge >= 0.3 is 5.97 Å². The van der Waals surface area contributed by atoms with E-state index in [0.29, 0.717) is 12.8 Å². The standard InChI is InChI=1S/C17H21N3O5/c18-12-17(7-2-1-3-8-17)20-14(21)11-25-15(22)6-9-19-16(23)13-5-4-10-24-13/h4-5,10H,1-3,6-9,11H2,(H,19,23)(H,20,21). The van der Waals surface area contributed by atoms with E-state index in [4.69, 9.17) is 9.15 Å². The first-order valence-electron chi connectivity index (χ1n) is 8.24. The van der Waals surface area contributed by atoms with Crippen molar-refractivity contribution >= 4 is 17.8 Å². The van der Waals surface area contributed by atoms with Gasteiger partial charge in [0.1, 0.15) is 5.54 Å². The molecule has 2 N–H and O–H groups in total. The van der Waals surface area contributed by atoms with E-state index in [1.165, 1.54) is 12.3 Å². The van der Waals surface area contributed by atoms with E-state index in [-0.39, 0.29) is 18.7 Å². The molecule has 1 heterocycles. The highest BCUT2D eigenvalue weighted by Gasteiger charge is 2.33. The van der Waals surface area contributed by atoms with Crippen molar-refractivity contribution in [1.29, 1.82) is 5.26 Å². The van der Waals surface area contributed by atoms with Crippen LogP contribution < -0.4 is 10.6 Å². The predicted molar refractivity (Wildman–Crippen MR) is 86.2 cm³/mol. The second-order valence-electron chi connectivity index (χ2n) is 5.95. The minimum absolute atomic E-state index is 0.0663. The molecular formula is C17H21N3O5. The third-order valence-corrected chi connectivity index (χ3v) is 4.02. The summed E-state index contributed by atoms with van der Waals surface area (Å²) in [4.78, 5) is 35.1. The average Bonchev–Trinajstić information content (AvgIpc) is 3.15. The number of hydrogen-bond donors (Lipinski definition) is 2. The van der Waals surface area contributed by atoms with Crippen LogP contribution in [-0.4, -0.2) is 36.5 Å². The Balaban J connectivity index is 1.65. The Morgan fingerprint density at radius 1 is 1.28 bits per heavy atom. The maximum absolute atomic E-state index is 11.9. The number of nitrogens with zero attached hydrogens (tertiary/aromatic N) is 1. The van der Waals surface area contributed by atoms with Crippen LogP contribution in [0.15, 0.2) is 22.8 Å². The van der Waals surface area contributed by atoms with Crippen molar-refractivity contribution in [2.45, 2.75) is 44.1 Å². The van der Waals surface area contributed by atoms with Crippen LogP contribution in [0.4, 0.5) is 0 Å². The average molecular weight is 347 g/mol. The molecule has 1 saturated carbocycles. The molecule has 8 heteroatoms. The van der Waals surface area contributed by atoms with E-state index in [0.717, 1.165) is 19.3 Å². The highest BCUT2D eigenvalue weighted by molar-refractivity contribution is 5.91. The van der Waals surface area contributed by atoms with Crippen LogP contribution in [0.3, 0.4) is 0 Å². The summed E-state index contributed by atoms with van der Waals surface area (Å²) in [5, 5.41) is 14.5. The minimum Gasteiger partial charge on any atom is -0.459 e. The maximum Gasteiger partial charge on any atom is 0.308 e. The van der Waals surface area contributed by atoms with Crippen molar-refractivity contribution in [2.24, 2.45) is 0 Å². The number of rotatable bonds is 7. The lowest BCUT2D eigenvalue weighted by atomic mass is 9.83. The lowest BCUT2D eigenvalue weighted by Crippen LogP contribution is -2.50. The Bertz CT molecular complexity index is 642. The Hall–Kier alpha value is -2.82. The van der Waals surface area contributed by atoms with Crippen molar-refractivity contribution in [3.8, 4) is 6.07 Å². The summed E-state index contributed by atoms with van der Waals surface area (Å²) in [5.41, 5.74) is -0.848. The highest BCUT2D eigenvalue weighted by atomic mass is 16.5. The molecule has 1 aliphatic rings. The van der Waals surface area contributed by atoms with Gasteiger partial charge in [-0.05, 0) is 25.0 Å². The molecule has 0 radical (unpaired) electrons. The van der Waals surface area contributed by atoms with Gasteiger partial charge < -0.3 is 19.8 Å². The van der Waals surface area contributed by atoms with Gasteiger partial charge in [-0.25, -0.2) is 0 Å². The number of hydrogen-bond acceptors (Lipinski definition) is 6. The first kappa shape index (κ1) is 18.5. The van der Waals surface area contributed by atoms with Crippen molar-refractivity contribution in [2.75, 3.05) is 13.2 Å². The normalized spacial score (nSPS) is 15.6. The van der Waals surface area contributed by atoms with E-state index in [2.05, 4.69) is 16.7 Å². The Morgan fingerprint density at radius 3 is 2.68 bits per heavy atom. The van der Waals surface area contributed by atoms with Gasteiger partial charge in [0.2, 0.25) is 0 Å². The summed E-state index contributed by atoms with van der Waals surface area (Å²) in [7, 11) is 0. The van der Waals surface area contributed by atoms with Crippen molar-refractivity contribution in [3.05, 3.63) is 24.2 Å². The first-order chi connectivity index (χ1) is 12.0. The van der Waals surface area contributed by atoms with Gasteiger partial charge in [0.15, 0.2) is 12.4 Å². The lowest BCUT2D eigenvalue weighted by Gasteiger charge is -2.31. The molecule has 0 unspecified atom stereocenters. The fraction of sp³-hybridized carbons (Fsp3) is 0.529. The molecule has 0 bridgehead atoms. The Labute approximate surface area is 145 Å². The third-order valence-electron chi connectivity index (χ3n) is 4.02. The molecule has 25 heavy (non-hydrogen) atoms. The number of carbonyl (C=O) groups is 3. The fourth-order valence-corrected chi connectivity index (χ4v) is 2.71. The zero-order valence-corrected chi connectivity index (χ0v) is 13.9. The summed E-state index contributed by atoms with van der Waals surface area (Å²) in [6.07, 6.45) is 5.37. The van der Waals surface area contributed by atoms with E-state index < -0.39 is 29.9 Å². The van der Waals surface area contributed by atoms with E-state index >= 15 is 0 Å². The zero-order valence-electron chi connectivity index (χ0n) is 13.9. The maximum atomic E-state index is 11.9. The summed E-state index contributed by atoms with van der Waals surface area (Å²) in [6, 6.07) is 5.26. The molecular weight excluding hydrogens is 326 g/mol. The Morgan fingerprint density at radius 2 is 2.04 bits per heavy atom. The smallest absolute Gasteiger partial charge is 0.308 e. The quantitative estimate of drug-likeness (QED) is 0.717. The summed E-state index contributed by atoms with van der Waals surface area (Å²) >= 11 is 0. The van der Waals surface area contributed by atoms with E-state index in [1.807, 2.05) is 0 Å². The largest absolute Gasteiger partial charge is 0.459 e. The summed E-state index contributed by atoms with van der Waals surface area (Å²) in [6.45, 7) is -0.365.